The average molecular weight is 401 g/mol. The van der Waals surface area contributed by atoms with E-state index in [2.05, 4.69) is 9.71 Å². The molecule has 0 atom stereocenters. The highest BCUT2D eigenvalue weighted by Gasteiger charge is 2.13. The van der Waals surface area contributed by atoms with E-state index in [1.165, 1.54) is 0 Å². The maximum absolute atomic E-state index is 12.4. The van der Waals surface area contributed by atoms with Gasteiger partial charge in [-0.05, 0) is 43.0 Å². The normalized spacial score (nSPS) is 11.6. The predicted octanol–water partition coefficient (Wildman–Crippen LogP) is 2.90. The van der Waals surface area contributed by atoms with Crippen molar-refractivity contribution in [2.75, 3.05) is 12.9 Å². The second-order valence-corrected chi connectivity index (χ2v) is 8.65. The lowest BCUT2D eigenvalue weighted by molar-refractivity contribution is 0.418. The Balaban J connectivity index is 1.69. The summed E-state index contributed by atoms with van der Waals surface area (Å²) in [5.74, 6) is 0.589. The summed E-state index contributed by atoms with van der Waals surface area (Å²) >= 11 is 0. The Bertz CT molecular complexity index is 1120. The van der Waals surface area contributed by atoms with Crippen molar-refractivity contribution in [2.24, 2.45) is 0 Å². The number of nitrogens with one attached hydrogen (secondary N) is 2. The molecule has 0 aliphatic rings. The summed E-state index contributed by atoms with van der Waals surface area (Å²) in [7, 11) is -1.93. The number of aromatic nitrogens is 1. The highest BCUT2D eigenvalue weighted by atomic mass is 32.2. The number of sulfonamides is 1. The molecule has 1 heterocycles. The Morgan fingerprint density at radius 3 is 2.57 bits per heavy atom. The summed E-state index contributed by atoms with van der Waals surface area (Å²) in [5.41, 5.74) is 2.73. The zero-order valence-corrected chi connectivity index (χ0v) is 16.8. The van der Waals surface area contributed by atoms with Gasteiger partial charge in [0.05, 0.1) is 18.4 Å². The number of aromatic amines is 1. The number of pyridine rings is 1. The molecule has 0 saturated heterocycles. The van der Waals surface area contributed by atoms with Crippen LogP contribution in [-0.4, -0.2) is 26.3 Å². The average Bonchev–Trinajstić information content (AvgIpc) is 2.68. The lowest BCUT2D eigenvalue weighted by atomic mass is 10.1. The van der Waals surface area contributed by atoms with Crippen LogP contribution < -0.4 is 15.0 Å². The molecule has 0 bridgehead atoms. The van der Waals surface area contributed by atoms with E-state index in [0.717, 1.165) is 16.5 Å². The third kappa shape index (κ3) is 4.79. The Hall–Kier alpha value is -2.64. The highest BCUT2D eigenvalue weighted by Crippen LogP contribution is 2.25. The number of methoxy groups -OCH3 is 1. The number of hydrogen-bond acceptors (Lipinski definition) is 4. The van der Waals surface area contributed by atoms with Crippen molar-refractivity contribution >= 4 is 20.9 Å². The lowest BCUT2D eigenvalue weighted by Crippen LogP contribution is -2.29. The first-order valence-corrected chi connectivity index (χ1v) is 10.8. The quantitative estimate of drug-likeness (QED) is 0.609. The molecule has 0 aliphatic heterocycles. The van der Waals surface area contributed by atoms with Crippen LogP contribution in [0.3, 0.4) is 0 Å². The van der Waals surface area contributed by atoms with Crippen molar-refractivity contribution in [2.45, 2.75) is 26.3 Å². The van der Waals surface area contributed by atoms with Gasteiger partial charge < -0.3 is 9.72 Å². The second-order valence-electron chi connectivity index (χ2n) is 6.73. The van der Waals surface area contributed by atoms with Crippen LogP contribution in [0.2, 0.25) is 0 Å². The lowest BCUT2D eigenvalue weighted by Gasteiger charge is -2.10. The van der Waals surface area contributed by atoms with Gasteiger partial charge in [0.2, 0.25) is 10.0 Å². The third-order valence-electron chi connectivity index (χ3n) is 4.70. The molecule has 2 aromatic carbocycles. The van der Waals surface area contributed by atoms with Crippen LogP contribution in [0.15, 0.2) is 53.3 Å². The SMILES string of the molecule is COc1ccc(C)c2cc(CNS(=O)(=O)CCCc3ccccc3)c(=O)[nH]c12. The van der Waals surface area contributed by atoms with Gasteiger partial charge in [-0.25, -0.2) is 13.1 Å². The molecule has 0 fully saturated rings. The Labute approximate surface area is 164 Å². The fraction of sp³-hybridized carbons (Fsp3) is 0.286. The number of benzene rings is 2. The zero-order valence-electron chi connectivity index (χ0n) is 16.0. The summed E-state index contributed by atoms with van der Waals surface area (Å²) < 4.78 is 32.4. The van der Waals surface area contributed by atoms with Crippen LogP contribution in [-0.2, 0) is 23.0 Å². The van der Waals surface area contributed by atoms with E-state index in [4.69, 9.17) is 4.74 Å². The monoisotopic (exact) mass is 400 g/mol. The van der Waals surface area contributed by atoms with Crippen LogP contribution in [0.1, 0.15) is 23.1 Å². The first-order valence-electron chi connectivity index (χ1n) is 9.10. The van der Waals surface area contributed by atoms with Gasteiger partial charge >= 0.3 is 0 Å². The zero-order chi connectivity index (χ0) is 20.1. The summed E-state index contributed by atoms with van der Waals surface area (Å²) in [6.07, 6.45) is 1.21. The van der Waals surface area contributed by atoms with Crippen molar-refractivity contribution < 1.29 is 13.2 Å². The summed E-state index contributed by atoms with van der Waals surface area (Å²) in [6.45, 7) is 1.88. The van der Waals surface area contributed by atoms with Crippen LogP contribution in [0.4, 0.5) is 0 Å². The van der Waals surface area contributed by atoms with Gasteiger partial charge in [0.1, 0.15) is 5.75 Å². The number of aryl methyl sites for hydroxylation is 2. The molecule has 6 nitrogen and oxygen atoms in total. The Morgan fingerprint density at radius 2 is 1.86 bits per heavy atom. The molecular formula is C21H24N2O4S. The summed E-state index contributed by atoms with van der Waals surface area (Å²) in [5, 5.41) is 0.831. The van der Waals surface area contributed by atoms with Crippen LogP contribution in [0.25, 0.3) is 10.9 Å². The summed E-state index contributed by atoms with van der Waals surface area (Å²) in [4.78, 5) is 15.2. The van der Waals surface area contributed by atoms with Crippen molar-refractivity contribution in [3.63, 3.8) is 0 Å². The van der Waals surface area contributed by atoms with E-state index < -0.39 is 10.0 Å². The minimum Gasteiger partial charge on any atom is -0.495 e. The fourth-order valence-electron chi connectivity index (χ4n) is 3.12. The number of rotatable bonds is 8. The molecular weight excluding hydrogens is 376 g/mol. The first-order chi connectivity index (χ1) is 13.4. The largest absolute Gasteiger partial charge is 0.495 e. The predicted molar refractivity (Wildman–Crippen MR) is 111 cm³/mol. The molecule has 0 saturated carbocycles. The third-order valence-corrected chi connectivity index (χ3v) is 6.11. The van der Waals surface area contributed by atoms with Crippen LogP contribution in [0, 0.1) is 6.92 Å². The number of ether oxygens (including phenoxy) is 1. The summed E-state index contributed by atoms with van der Waals surface area (Å²) in [6, 6.07) is 15.2. The van der Waals surface area contributed by atoms with Gasteiger partial charge in [-0.1, -0.05) is 36.4 Å². The Kier molecular flexibility index (Phi) is 6.16. The molecule has 3 rings (SSSR count). The molecule has 28 heavy (non-hydrogen) atoms. The standard InChI is InChI=1S/C21H24N2O4S/c1-15-10-11-19(27-2)20-18(15)13-17(21(24)23-20)14-22-28(25,26)12-6-9-16-7-4-3-5-8-16/h3-5,7-8,10-11,13,22H,6,9,12,14H2,1-2H3,(H,23,24). The van der Waals surface area contributed by atoms with Gasteiger partial charge in [0.15, 0.2) is 0 Å². The second kappa shape index (κ2) is 8.58. The van der Waals surface area contributed by atoms with Gasteiger partial charge in [-0.3, -0.25) is 4.79 Å². The van der Waals surface area contributed by atoms with Gasteiger partial charge in [0.25, 0.3) is 5.56 Å². The van der Waals surface area contributed by atoms with E-state index in [1.807, 2.05) is 43.3 Å². The van der Waals surface area contributed by atoms with Crippen molar-refractivity contribution in [3.05, 3.63) is 75.6 Å². The molecule has 1 aromatic heterocycles. The van der Waals surface area contributed by atoms with Crippen molar-refractivity contribution in [1.82, 2.24) is 9.71 Å². The van der Waals surface area contributed by atoms with Gasteiger partial charge in [0, 0.05) is 17.5 Å². The molecule has 0 spiro atoms. The maximum Gasteiger partial charge on any atom is 0.253 e. The van der Waals surface area contributed by atoms with E-state index in [9.17, 15) is 13.2 Å². The molecule has 2 N–H and O–H groups in total. The molecule has 7 heteroatoms. The smallest absolute Gasteiger partial charge is 0.253 e. The van der Waals surface area contributed by atoms with E-state index in [1.54, 1.807) is 19.2 Å². The van der Waals surface area contributed by atoms with Crippen molar-refractivity contribution in [3.8, 4) is 5.75 Å². The number of hydrogen-bond donors (Lipinski definition) is 2. The van der Waals surface area contributed by atoms with E-state index >= 15 is 0 Å². The minimum atomic E-state index is -3.47. The van der Waals surface area contributed by atoms with Gasteiger partial charge in [-0.15, -0.1) is 0 Å². The molecule has 0 unspecified atom stereocenters. The van der Waals surface area contributed by atoms with Crippen LogP contribution in [0.5, 0.6) is 5.75 Å². The van der Waals surface area contributed by atoms with Gasteiger partial charge in [-0.2, -0.15) is 0 Å². The topological polar surface area (TPSA) is 88.3 Å². The fourth-order valence-corrected chi connectivity index (χ4v) is 4.17. The molecule has 148 valence electrons. The van der Waals surface area contributed by atoms with E-state index in [-0.39, 0.29) is 17.9 Å². The number of fused-ring (bicyclic) bond motifs is 1. The molecule has 0 aliphatic carbocycles. The minimum absolute atomic E-state index is 0.0141. The molecule has 0 amide bonds. The van der Waals surface area contributed by atoms with Crippen molar-refractivity contribution in [1.29, 1.82) is 0 Å². The molecule has 0 radical (unpaired) electrons. The highest BCUT2D eigenvalue weighted by molar-refractivity contribution is 7.89. The van der Waals surface area contributed by atoms with Crippen LogP contribution >= 0.6 is 0 Å². The van der Waals surface area contributed by atoms with E-state index in [0.29, 0.717) is 29.7 Å². The maximum atomic E-state index is 12.4. The first kappa shape index (κ1) is 20.1. The molecule has 3 aromatic rings. The Morgan fingerprint density at radius 1 is 1.11 bits per heavy atom. The number of H-pyrrole nitrogens is 1.